The molecule has 7 nitrogen and oxygen atoms in total. The van der Waals surface area contributed by atoms with Crippen molar-refractivity contribution < 1.29 is 12.8 Å². The topological polar surface area (TPSA) is 110 Å². The predicted octanol–water partition coefficient (Wildman–Crippen LogP) is 4.72. The first-order valence-electron chi connectivity index (χ1n) is 11.5. The molecule has 9 heteroatoms. The summed E-state index contributed by atoms with van der Waals surface area (Å²) in [5.74, 6) is -0.738. The second-order valence-corrected chi connectivity index (χ2v) is 10.0. The lowest BCUT2D eigenvalue weighted by Gasteiger charge is -2.12. The van der Waals surface area contributed by atoms with E-state index in [0.29, 0.717) is 22.0 Å². The average molecular weight is 494 g/mol. The van der Waals surface area contributed by atoms with Crippen molar-refractivity contribution in [1.82, 2.24) is 15.3 Å². The maximum Gasteiger partial charge on any atom is 0.237 e. The normalized spacial score (nSPS) is 13.6. The first-order chi connectivity index (χ1) is 16.9. The Morgan fingerprint density at radius 3 is 2.43 bits per heavy atom. The van der Waals surface area contributed by atoms with Gasteiger partial charge in [-0.25, -0.2) is 22.8 Å². The van der Waals surface area contributed by atoms with Crippen molar-refractivity contribution in [3.63, 3.8) is 0 Å². The van der Waals surface area contributed by atoms with E-state index in [1.165, 1.54) is 38.4 Å². The third-order valence-electron chi connectivity index (χ3n) is 5.58. The standard InChI is InChI=1S/C21H17FN4O2S.C5H11N/c22-20-17(15-9-10-18-16(11-15)12-24-21(23)25-18)7-4-8-19(20)26-29(27,28)13-14-5-2-1-3-6-14;1-2-4-6-5-3-1/h1-12,26H,13H2,(H2,23,24,25);6H,1-5H2. The fourth-order valence-corrected chi connectivity index (χ4v) is 5.04. The summed E-state index contributed by atoms with van der Waals surface area (Å²) >= 11 is 0. The van der Waals surface area contributed by atoms with Crippen LogP contribution in [-0.4, -0.2) is 31.5 Å². The number of anilines is 2. The van der Waals surface area contributed by atoms with E-state index in [4.69, 9.17) is 5.73 Å². The van der Waals surface area contributed by atoms with E-state index in [9.17, 15) is 8.42 Å². The van der Waals surface area contributed by atoms with Crippen LogP contribution < -0.4 is 15.8 Å². The molecule has 0 amide bonds. The van der Waals surface area contributed by atoms with Crippen LogP contribution in [0.3, 0.4) is 0 Å². The lowest BCUT2D eigenvalue weighted by molar-refractivity contribution is 0.520. The van der Waals surface area contributed by atoms with Gasteiger partial charge in [-0.15, -0.1) is 0 Å². The number of hydrogen-bond acceptors (Lipinski definition) is 6. The van der Waals surface area contributed by atoms with E-state index in [2.05, 4.69) is 20.0 Å². The number of aromatic nitrogens is 2. The molecule has 0 bridgehead atoms. The molecule has 0 atom stereocenters. The van der Waals surface area contributed by atoms with Crippen LogP contribution in [0.4, 0.5) is 16.0 Å². The number of nitrogen functional groups attached to an aromatic ring is 1. The average Bonchev–Trinajstić information content (AvgIpc) is 2.87. The molecule has 1 aromatic heterocycles. The van der Waals surface area contributed by atoms with Gasteiger partial charge < -0.3 is 11.1 Å². The molecule has 0 spiro atoms. The quantitative estimate of drug-likeness (QED) is 0.371. The zero-order chi connectivity index (χ0) is 24.7. The summed E-state index contributed by atoms with van der Waals surface area (Å²) in [5, 5.41) is 3.98. The third-order valence-corrected chi connectivity index (χ3v) is 6.82. The second-order valence-electron chi connectivity index (χ2n) is 8.33. The Balaban J connectivity index is 0.000000421. The maximum absolute atomic E-state index is 15.1. The minimum atomic E-state index is -3.77. The first-order valence-corrected chi connectivity index (χ1v) is 13.1. The van der Waals surface area contributed by atoms with Crippen LogP contribution in [0.15, 0.2) is 72.9 Å². The molecular weight excluding hydrogens is 465 g/mol. The summed E-state index contributed by atoms with van der Waals surface area (Å²) in [7, 11) is -3.77. The number of nitrogens with two attached hydrogens (primary N) is 1. The van der Waals surface area contributed by atoms with Crippen molar-refractivity contribution in [3.8, 4) is 11.1 Å². The van der Waals surface area contributed by atoms with Crippen LogP contribution in [0, 0.1) is 5.82 Å². The van der Waals surface area contributed by atoms with E-state index in [1.807, 2.05) is 0 Å². The Kier molecular flexibility index (Phi) is 7.89. The molecule has 4 aromatic rings. The third kappa shape index (κ3) is 6.74. The molecule has 0 unspecified atom stereocenters. The van der Waals surface area contributed by atoms with Gasteiger partial charge in [-0.2, -0.15) is 0 Å². The number of halogens is 1. The highest BCUT2D eigenvalue weighted by Crippen LogP contribution is 2.30. The highest BCUT2D eigenvalue weighted by atomic mass is 32.2. The van der Waals surface area contributed by atoms with Crippen LogP contribution >= 0.6 is 0 Å². The van der Waals surface area contributed by atoms with Gasteiger partial charge in [0.25, 0.3) is 0 Å². The highest BCUT2D eigenvalue weighted by Gasteiger charge is 2.17. The number of fused-ring (bicyclic) bond motifs is 1. The molecule has 1 aliphatic heterocycles. The van der Waals surface area contributed by atoms with Crippen molar-refractivity contribution in [2.24, 2.45) is 0 Å². The van der Waals surface area contributed by atoms with Crippen molar-refractivity contribution in [2.45, 2.75) is 25.0 Å². The summed E-state index contributed by atoms with van der Waals surface area (Å²) in [5.41, 5.74) is 7.58. The van der Waals surface area contributed by atoms with Crippen molar-refractivity contribution in [3.05, 3.63) is 84.3 Å². The summed E-state index contributed by atoms with van der Waals surface area (Å²) in [6.07, 6.45) is 5.78. The predicted molar refractivity (Wildman–Crippen MR) is 139 cm³/mol. The number of hydrogen-bond donors (Lipinski definition) is 3. The van der Waals surface area contributed by atoms with Crippen LogP contribution in [0.5, 0.6) is 0 Å². The molecule has 4 N–H and O–H groups in total. The van der Waals surface area contributed by atoms with Gasteiger partial charge in [0, 0.05) is 17.1 Å². The van der Waals surface area contributed by atoms with Crippen molar-refractivity contribution in [1.29, 1.82) is 0 Å². The minimum Gasteiger partial charge on any atom is -0.368 e. The van der Waals surface area contributed by atoms with E-state index < -0.39 is 15.8 Å². The number of rotatable bonds is 5. The van der Waals surface area contributed by atoms with E-state index in [0.717, 1.165) is 0 Å². The van der Waals surface area contributed by atoms with Crippen LogP contribution in [0.25, 0.3) is 22.0 Å². The van der Waals surface area contributed by atoms with Crippen LogP contribution in [-0.2, 0) is 15.8 Å². The van der Waals surface area contributed by atoms with E-state index >= 15 is 4.39 Å². The van der Waals surface area contributed by atoms with Crippen molar-refractivity contribution >= 4 is 32.6 Å². The molecule has 182 valence electrons. The molecule has 0 aliphatic carbocycles. The van der Waals surface area contributed by atoms with Gasteiger partial charge in [-0.05, 0) is 55.3 Å². The fourth-order valence-electron chi connectivity index (χ4n) is 3.85. The lowest BCUT2D eigenvalue weighted by atomic mass is 10.0. The van der Waals surface area contributed by atoms with E-state index in [-0.39, 0.29) is 23.0 Å². The Bertz CT molecular complexity index is 1380. The van der Waals surface area contributed by atoms with Gasteiger partial charge in [0.05, 0.1) is 17.0 Å². The SMILES string of the molecule is C1CCNCC1.Nc1ncc2cc(-c3cccc(NS(=O)(=O)Cc4ccccc4)c3F)ccc2n1. The van der Waals surface area contributed by atoms with Gasteiger partial charge in [0.1, 0.15) is 0 Å². The number of sulfonamides is 1. The number of benzene rings is 3. The Morgan fingerprint density at radius 2 is 1.74 bits per heavy atom. The molecule has 0 radical (unpaired) electrons. The summed E-state index contributed by atoms with van der Waals surface area (Å²) in [6, 6.07) is 18.4. The molecule has 2 heterocycles. The highest BCUT2D eigenvalue weighted by molar-refractivity contribution is 7.91. The van der Waals surface area contributed by atoms with E-state index in [1.54, 1.807) is 66.9 Å². The minimum absolute atomic E-state index is 0.105. The molecule has 5 rings (SSSR count). The zero-order valence-electron chi connectivity index (χ0n) is 19.2. The molecule has 0 saturated carbocycles. The lowest BCUT2D eigenvalue weighted by Crippen LogP contribution is -2.21. The van der Waals surface area contributed by atoms with Crippen LogP contribution in [0.1, 0.15) is 24.8 Å². The van der Waals surface area contributed by atoms with Crippen molar-refractivity contribution in [2.75, 3.05) is 23.5 Å². The molecule has 35 heavy (non-hydrogen) atoms. The monoisotopic (exact) mass is 493 g/mol. The second kappa shape index (κ2) is 11.2. The molecular formula is C26H28FN5O2S. The first kappa shape index (κ1) is 24.6. The Labute approximate surface area is 204 Å². The van der Waals surface area contributed by atoms with Crippen LogP contribution in [0.2, 0.25) is 0 Å². The Hall–Kier alpha value is -3.56. The van der Waals surface area contributed by atoms with Gasteiger partial charge in [0.2, 0.25) is 16.0 Å². The fraction of sp³-hybridized carbons (Fsp3) is 0.231. The molecule has 1 saturated heterocycles. The van der Waals surface area contributed by atoms with Gasteiger partial charge >= 0.3 is 0 Å². The largest absolute Gasteiger partial charge is 0.368 e. The van der Waals surface area contributed by atoms with Gasteiger partial charge in [-0.3, -0.25) is 4.72 Å². The molecule has 1 aliphatic rings. The van der Waals surface area contributed by atoms with Gasteiger partial charge in [-0.1, -0.05) is 55.0 Å². The molecule has 3 aromatic carbocycles. The number of piperidine rings is 1. The smallest absolute Gasteiger partial charge is 0.237 e. The Morgan fingerprint density at radius 1 is 0.971 bits per heavy atom. The molecule has 1 fully saturated rings. The summed E-state index contributed by atoms with van der Waals surface area (Å²) in [4.78, 5) is 8.07. The number of nitrogens with zero attached hydrogens (tertiary/aromatic N) is 2. The van der Waals surface area contributed by atoms with Gasteiger partial charge in [0.15, 0.2) is 5.82 Å². The summed E-state index contributed by atoms with van der Waals surface area (Å²) < 4.78 is 42.4. The maximum atomic E-state index is 15.1. The zero-order valence-corrected chi connectivity index (χ0v) is 20.1. The summed E-state index contributed by atoms with van der Waals surface area (Å²) in [6.45, 7) is 2.50. The number of nitrogens with one attached hydrogen (secondary N) is 2.